The van der Waals surface area contributed by atoms with E-state index in [-0.39, 0.29) is 0 Å². The fourth-order valence-corrected chi connectivity index (χ4v) is 3.49. The van der Waals surface area contributed by atoms with Gasteiger partial charge in [0.05, 0.1) is 0 Å². The van der Waals surface area contributed by atoms with E-state index in [1.165, 1.54) is 63.0 Å². The Kier molecular flexibility index (Phi) is 3.95. The molecule has 0 radical (unpaired) electrons. The van der Waals surface area contributed by atoms with E-state index in [4.69, 9.17) is 0 Å². The van der Waals surface area contributed by atoms with Crippen LogP contribution in [0.5, 0.6) is 0 Å². The van der Waals surface area contributed by atoms with Crippen molar-refractivity contribution in [1.82, 2.24) is 0 Å². The van der Waals surface area contributed by atoms with Crippen molar-refractivity contribution in [1.29, 1.82) is 0 Å². The van der Waals surface area contributed by atoms with Crippen LogP contribution >= 0.6 is 0 Å². The van der Waals surface area contributed by atoms with Crippen LogP contribution in [0.4, 0.5) is 11.4 Å². The van der Waals surface area contributed by atoms with Gasteiger partial charge in [-0.15, -0.1) is 0 Å². The Balaban J connectivity index is 1.59. The minimum atomic E-state index is 0.691. The van der Waals surface area contributed by atoms with Gasteiger partial charge in [0.25, 0.3) is 0 Å². The molecule has 1 saturated heterocycles. The molecule has 2 heteroatoms. The zero-order valence-corrected chi connectivity index (χ0v) is 12.1. The molecule has 2 fully saturated rings. The van der Waals surface area contributed by atoms with E-state index in [0.717, 1.165) is 5.92 Å². The number of anilines is 2. The second-order valence-corrected chi connectivity index (χ2v) is 6.35. The van der Waals surface area contributed by atoms with Crippen LogP contribution in [0.3, 0.4) is 0 Å². The zero-order chi connectivity index (χ0) is 13.1. The highest BCUT2D eigenvalue weighted by Crippen LogP contribution is 2.28. The maximum Gasteiger partial charge on any atom is 0.0367 e. The third-order valence-corrected chi connectivity index (χ3v) is 4.65. The molecule has 1 aliphatic heterocycles. The van der Waals surface area contributed by atoms with Gasteiger partial charge in [0.2, 0.25) is 0 Å². The maximum absolute atomic E-state index is 3.68. The summed E-state index contributed by atoms with van der Waals surface area (Å²) in [6, 6.07) is 9.77. The molecule has 0 bridgehead atoms. The topological polar surface area (TPSA) is 15.3 Å². The molecule has 1 N–H and O–H groups in total. The predicted molar refractivity (Wildman–Crippen MR) is 82.9 cm³/mol. The number of benzene rings is 1. The molecule has 0 aromatic heterocycles. The molecule has 1 aromatic rings. The molecule has 3 rings (SSSR count). The maximum atomic E-state index is 3.68. The summed E-state index contributed by atoms with van der Waals surface area (Å²) in [6.45, 7) is 4.82. The SMILES string of the molecule is CC1CCC(Nc2ccc(N3CCCCC3)cc2)C1. The Morgan fingerprint density at radius 1 is 1.00 bits per heavy atom. The van der Waals surface area contributed by atoms with Crippen LogP contribution < -0.4 is 10.2 Å². The second-order valence-electron chi connectivity index (χ2n) is 6.35. The average Bonchev–Trinajstić information content (AvgIpc) is 2.86. The van der Waals surface area contributed by atoms with Crippen molar-refractivity contribution in [3.05, 3.63) is 24.3 Å². The molecule has 19 heavy (non-hydrogen) atoms. The van der Waals surface area contributed by atoms with Gasteiger partial charge in [0.15, 0.2) is 0 Å². The largest absolute Gasteiger partial charge is 0.382 e. The number of nitrogens with one attached hydrogen (secondary N) is 1. The molecule has 1 heterocycles. The summed E-state index contributed by atoms with van der Waals surface area (Å²) in [4.78, 5) is 2.52. The Morgan fingerprint density at radius 2 is 1.74 bits per heavy atom. The van der Waals surface area contributed by atoms with Crippen LogP contribution in [-0.2, 0) is 0 Å². The van der Waals surface area contributed by atoms with E-state index in [0.29, 0.717) is 6.04 Å². The molecule has 1 saturated carbocycles. The van der Waals surface area contributed by atoms with Gasteiger partial charge in [0.1, 0.15) is 0 Å². The van der Waals surface area contributed by atoms with Crippen molar-refractivity contribution in [2.75, 3.05) is 23.3 Å². The molecule has 0 spiro atoms. The zero-order valence-electron chi connectivity index (χ0n) is 12.1. The van der Waals surface area contributed by atoms with Gasteiger partial charge in [-0.2, -0.15) is 0 Å². The highest BCUT2D eigenvalue weighted by Gasteiger charge is 2.20. The molecule has 2 aliphatic rings. The average molecular weight is 258 g/mol. The lowest BCUT2D eigenvalue weighted by atomic mass is 10.1. The normalized spacial score (nSPS) is 27.5. The third-order valence-electron chi connectivity index (χ3n) is 4.65. The van der Waals surface area contributed by atoms with E-state index in [1.807, 2.05) is 0 Å². The minimum Gasteiger partial charge on any atom is -0.382 e. The van der Waals surface area contributed by atoms with Crippen molar-refractivity contribution in [2.24, 2.45) is 5.92 Å². The summed E-state index contributed by atoms with van der Waals surface area (Å²) in [5.41, 5.74) is 2.69. The van der Waals surface area contributed by atoms with E-state index < -0.39 is 0 Å². The summed E-state index contributed by atoms with van der Waals surface area (Å²) in [7, 11) is 0. The number of nitrogens with zero attached hydrogens (tertiary/aromatic N) is 1. The summed E-state index contributed by atoms with van der Waals surface area (Å²) >= 11 is 0. The van der Waals surface area contributed by atoms with Crippen LogP contribution in [0.25, 0.3) is 0 Å². The molecule has 2 nitrogen and oxygen atoms in total. The molecular weight excluding hydrogens is 232 g/mol. The Morgan fingerprint density at radius 3 is 2.37 bits per heavy atom. The van der Waals surface area contributed by atoms with Crippen LogP contribution in [0.15, 0.2) is 24.3 Å². The molecule has 0 amide bonds. The summed E-state index contributed by atoms with van der Waals surface area (Å²) in [6.07, 6.45) is 8.13. The Labute approximate surface area is 117 Å². The van der Waals surface area contributed by atoms with E-state index >= 15 is 0 Å². The first-order chi connectivity index (χ1) is 9.31. The monoisotopic (exact) mass is 258 g/mol. The number of hydrogen-bond acceptors (Lipinski definition) is 2. The van der Waals surface area contributed by atoms with Gasteiger partial charge >= 0.3 is 0 Å². The van der Waals surface area contributed by atoms with E-state index in [9.17, 15) is 0 Å². The van der Waals surface area contributed by atoms with Crippen molar-refractivity contribution in [2.45, 2.75) is 51.5 Å². The lowest BCUT2D eigenvalue weighted by Gasteiger charge is -2.29. The van der Waals surface area contributed by atoms with Crippen molar-refractivity contribution < 1.29 is 0 Å². The number of rotatable bonds is 3. The predicted octanol–water partition coefficient (Wildman–Crippen LogP) is 4.28. The first kappa shape index (κ1) is 12.8. The fraction of sp³-hybridized carbons (Fsp3) is 0.647. The van der Waals surface area contributed by atoms with Gasteiger partial charge in [0, 0.05) is 30.5 Å². The van der Waals surface area contributed by atoms with Crippen LogP contribution in [-0.4, -0.2) is 19.1 Å². The smallest absolute Gasteiger partial charge is 0.0367 e. The quantitative estimate of drug-likeness (QED) is 0.870. The van der Waals surface area contributed by atoms with Crippen molar-refractivity contribution in [3.8, 4) is 0 Å². The van der Waals surface area contributed by atoms with Gasteiger partial charge in [-0.3, -0.25) is 0 Å². The third kappa shape index (κ3) is 3.23. The van der Waals surface area contributed by atoms with Crippen LogP contribution in [0.1, 0.15) is 45.4 Å². The van der Waals surface area contributed by atoms with Gasteiger partial charge in [-0.25, -0.2) is 0 Å². The van der Waals surface area contributed by atoms with Crippen LogP contribution in [0, 0.1) is 5.92 Å². The number of hydrogen-bond donors (Lipinski definition) is 1. The van der Waals surface area contributed by atoms with Gasteiger partial charge < -0.3 is 10.2 Å². The molecular formula is C17H26N2. The van der Waals surface area contributed by atoms with Gasteiger partial charge in [-0.05, 0) is 68.7 Å². The summed E-state index contributed by atoms with van der Waals surface area (Å²) in [5, 5.41) is 3.68. The summed E-state index contributed by atoms with van der Waals surface area (Å²) in [5.74, 6) is 0.894. The lowest BCUT2D eigenvalue weighted by Crippen LogP contribution is -2.29. The van der Waals surface area contributed by atoms with Gasteiger partial charge in [-0.1, -0.05) is 6.92 Å². The highest BCUT2D eigenvalue weighted by molar-refractivity contribution is 5.55. The first-order valence-corrected chi connectivity index (χ1v) is 7.93. The highest BCUT2D eigenvalue weighted by atomic mass is 15.1. The molecule has 1 aromatic carbocycles. The molecule has 2 atom stereocenters. The molecule has 104 valence electrons. The second kappa shape index (κ2) is 5.85. The number of piperidine rings is 1. The first-order valence-electron chi connectivity index (χ1n) is 7.93. The molecule has 1 aliphatic carbocycles. The fourth-order valence-electron chi connectivity index (χ4n) is 3.49. The van der Waals surface area contributed by atoms with Crippen molar-refractivity contribution in [3.63, 3.8) is 0 Å². The lowest BCUT2D eigenvalue weighted by molar-refractivity contribution is 0.578. The van der Waals surface area contributed by atoms with E-state index in [2.05, 4.69) is 41.4 Å². The summed E-state index contributed by atoms with van der Waals surface area (Å²) < 4.78 is 0. The Bertz CT molecular complexity index is 392. The standard InChI is InChI=1S/C17H26N2/c1-14-5-6-16(13-14)18-15-7-9-17(10-8-15)19-11-3-2-4-12-19/h7-10,14,16,18H,2-6,11-13H2,1H3. The van der Waals surface area contributed by atoms with Crippen molar-refractivity contribution >= 4 is 11.4 Å². The minimum absolute atomic E-state index is 0.691. The van der Waals surface area contributed by atoms with E-state index in [1.54, 1.807) is 0 Å². The Hall–Kier alpha value is -1.18. The van der Waals surface area contributed by atoms with Crippen LogP contribution in [0.2, 0.25) is 0 Å². The molecule has 2 unspecified atom stereocenters.